The van der Waals surface area contributed by atoms with Gasteiger partial charge in [0, 0.05) is 22.9 Å². The van der Waals surface area contributed by atoms with E-state index < -0.39 is 0 Å². The lowest BCUT2D eigenvalue weighted by atomic mass is 9.98. The number of quaternary nitrogens is 1. The van der Waals surface area contributed by atoms with Gasteiger partial charge < -0.3 is 9.88 Å². The van der Waals surface area contributed by atoms with Crippen molar-refractivity contribution in [1.29, 1.82) is 0 Å². The molecule has 2 atom stereocenters. The van der Waals surface area contributed by atoms with E-state index in [1.54, 1.807) is 4.90 Å². The SMILES string of the molecule is CC[NH+]1CCCc2c([nH]c3ccccc23)[C@@H]1c1ccccc1. The van der Waals surface area contributed by atoms with Crippen molar-refractivity contribution in [2.24, 2.45) is 0 Å². The second-order valence-electron chi connectivity index (χ2n) is 6.27. The predicted molar refractivity (Wildman–Crippen MR) is 91.3 cm³/mol. The first-order valence-corrected chi connectivity index (χ1v) is 8.37. The predicted octanol–water partition coefficient (Wildman–Crippen LogP) is 3.11. The Morgan fingerprint density at radius 3 is 2.64 bits per heavy atom. The van der Waals surface area contributed by atoms with Crippen LogP contribution in [0.4, 0.5) is 0 Å². The van der Waals surface area contributed by atoms with E-state index in [1.165, 1.54) is 47.1 Å². The molecule has 0 saturated heterocycles. The van der Waals surface area contributed by atoms with Crippen molar-refractivity contribution < 1.29 is 4.90 Å². The summed E-state index contributed by atoms with van der Waals surface area (Å²) in [5.41, 5.74) is 5.68. The van der Waals surface area contributed by atoms with Crippen LogP contribution >= 0.6 is 0 Å². The summed E-state index contributed by atoms with van der Waals surface area (Å²) in [6.07, 6.45) is 2.45. The maximum Gasteiger partial charge on any atom is 0.154 e. The molecule has 112 valence electrons. The summed E-state index contributed by atoms with van der Waals surface area (Å²) in [7, 11) is 0. The first-order chi connectivity index (χ1) is 10.9. The minimum absolute atomic E-state index is 0.427. The fourth-order valence-electron chi connectivity index (χ4n) is 4.01. The lowest BCUT2D eigenvalue weighted by Crippen LogP contribution is -3.12. The zero-order valence-corrected chi connectivity index (χ0v) is 13.1. The third kappa shape index (κ3) is 2.15. The third-order valence-corrected chi connectivity index (χ3v) is 5.06. The molecule has 2 nitrogen and oxygen atoms in total. The van der Waals surface area contributed by atoms with Crippen LogP contribution < -0.4 is 4.90 Å². The van der Waals surface area contributed by atoms with E-state index >= 15 is 0 Å². The summed E-state index contributed by atoms with van der Waals surface area (Å²) < 4.78 is 0. The molecule has 0 spiro atoms. The van der Waals surface area contributed by atoms with Crippen LogP contribution in [0.15, 0.2) is 54.6 Å². The van der Waals surface area contributed by atoms with Gasteiger partial charge in [0.25, 0.3) is 0 Å². The minimum Gasteiger partial charge on any atom is -0.353 e. The molecule has 3 aromatic rings. The van der Waals surface area contributed by atoms with E-state index in [-0.39, 0.29) is 0 Å². The molecule has 1 aromatic heterocycles. The number of hydrogen-bond donors (Lipinski definition) is 2. The van der Waals surface area contributed by atoms with Crippen molar-refractivity contribution in [1.82, 2.24) is 4.98 Å². The summed E-state index contributed by atoms with van der Waals surface area (Å²) in [5.74, 6) is 0. The number of aryl methyl sites for hydroxylation is 1. The highest BCUT2D eigenvalue weighted by Crippen LogP contribution is 2.31. The molecule has 0 bridgehead atoms. The molecule has 0 aliphatic carbocycles. The van der Waals surface area contributed by atoms with E-state index in [2.05, 4.69) is 66.5 Å². The Balaban J connectivity index is 1.94. The molecule has 1 unspecified atom stereocenters. The van der Waals surface area contributed by atoms with Crippen LogP contribution in [0, 0.1) is 0 Å². The average molecular weight is 291 g/mol. The number of fused-ring (bicyclic) bond motifs is 3. The van der Waals surface area contributed by atoms with Crippen LogP contribution in [0.5, 0.6) is 0 Å². The van der Waals surface area contributed by atoms with Gasteiger partial charge in [-0.3, -0.25) is 0 Å². The highest BCUT2D eigenvalue weighted by Gasteiger charge is 2.31. The highest BCUT2D eigenvalue weighted by molar-refractivity contribution is 5.85. The van der Waals surface area contributed by atoms with E-state index in [0.717, 1.165) is 6.54 Å². The Hall–Kier alpha value is -2.06. The van der Waals surface area contributed by atoms with Gasteiger partial charge in [-0.05, 0) is 25.0 Å². The maximum atomic E-state index is 3.75. The van der Waals surface area contributed by atoms with Gasteiger partial charge in [0.05, 0.1) is 18.8 Å². The second kappa shape index (κ2) is 5.62. The first kappa shape index (κ1) is 13.6. The van der Waals surface area contributed by atoms with E-state index in [4.69, 9.17) is 0 Å². The second-order valence-corrected chi connectivity index (χ2v) is 6.27. The summed E-state index contributed by atoms with van der Waals surface area (Å²) >= 11 is 0. The highest BCUT2D eigenvalue weighted by atomic mass is 15.2. The van der Waals surface area contributed by atoms with Gasteiger partial charge in [0.1, 0.15) is 0 Å². The van der Waals surface area contributed by atoms with Crippen molar-refractivity contribution >= 4 is 10.9 Å². The smallest absolute Gasteiger partial charge is 0.154 e. The normalized spacial score (nSPS) is 21.5. The molecule has 4 rings (SSSR count). The Labute approximate surface area is 131 Å². The first-order valence-electron chi connectivity index (χ1n) is 8.37. The molecule has 1 aliphatic rings. The van der Waals surface area contributed by atoms with Gasteiger partial charge in [0.15, 0.2) is 6.04 Å². The quantitative estimate of drug-likeness (QED) is 0.723. The molecule has 0 radical (unpaired) electrons. The molecule has 2 heteroatoms. The topological polar surface area (TPSA) is 20.2 Å². The molecule has 22 heavy (non-hydrogen) atoms. The molecule has 2 aromatic carbocycles. The van der Waals surface area contributed by atoms with E-state index in [1.807, 2.05) is 0 Å². The number of hydrogen-bond acceptors (Lipinski definition) is 0. The summed E-state index contributed by atoms with van der Waals surface area (Å²) in [6, 6.07) is 20.2. The van der Waals surface area contributed by atoms with Gasteiger partial charge in [-0.25, -0.2) is 0 Å². The van der Waals surface area contributed by atoms with Crippen LogP contribution in [-0.4, -0.2) is 18.1 Å². The van der Waals surface area contributed by atoms with Crippen molar-refractivity contribution in [3.63, 3.8) is 0 Å². The number of aromatic amines is 1. The van der Waals surface area contributed by atoms with Crippen LogP contribution in [0.25, 0.3) is 10.9 Å². The number of nitrogens with one attached hydrogen (secondary N) is 2. The van der Waals surface area contributed by atoms with Gasteiger partial charge in [0.2, 0.25) is 0 Å². The number of rotatable bonds is 2. The Bertz CT molecular complexity index is 773. The zero-order chi connectivity index (χ0) is 14.9. The van der Waals surface area contributed by atoms with Crippen LogP contribution in [-0.2, 0) is 6.42 Å². The van der Waals surface area contributed by atoms with E-state index in [9.17, 15) is 0 Å². The third-order valence-electron chi connectivity index (χ3n) is 5.06. The Morgan fingerprint density at radius 2 is 1.82 bits per heavy atom. The summed E-state index contributed by atoms with van der Waals surface area (Å²) in [6.45, 7) is 4.71. The molecular formula is C20H23N2+. The van der Waals surface area contributed by atoms with Crippen molar-refractivity contribution in [3.05, 3.63) is 71.4 Å². The fraction of sp³-hybridized carbons (Fsp3) is 0.300. The molecule has 0 fully saturated rings. The van der Waals surface area contributed by atoms with Crippen LogP contribution in [0.1, 0.15) is 36.2 Å². The van der Waals surface area contributed by atoms with E-state index in [0.29, 0.717) is 6.04 Å². The molecule has 0 amide bonds. The minimum atomic E-state index is 0.427. The van der Waals surface area contributed by atoms with Gasteiger partial charge in [-0.15, -0.1) is 0 Å². The van der Waals surface area contributed by atoms with Crippen molar-refractivity contribution in [2.45, 2.75) is 25.8 Å². The Morgan fingerprint density at radius 1 is 1.05 bits per heavy atom. The number of aromatic nitrogens is 1. The molecule has 2 heterocycles. The summed E-state index contributed by atoms with van der Waals surface area (Å²) in [5, 5.41) is 1.41. The van der Waals surface area contributed by atoms with Gasteiger partial charge in [-0.1, -0.05) is 48.5 Å². The standard InChI is InChI=1S/C20H22N2/c1-2-22-14-8-12-17-16-11-6-7-13-18(16)21-19(17)20(22)15-9-4-3-5-10-15/h3-7,9-11,13,20-21H,2,8,12,14H2,1H3/p+1/t20-/m0/s1. The fourth-order valence-corrected chi connectivity index (χ4v) is 4.01. The molecule has 0 saturated carbocycles. The number of para-hydroxylation sites is 1. The van der Waals surface area contributed by atoms with Crippen molar-refractivity contribution in [3.8, 4) is 0 Å². The number of H-pyrrole nitrogens is 1. The van der Waals surface area contributed by atoms with Crippen molar-refractivity contribution in [2.75, 3.05) is 13.1 Å². The molecular weight excluding hydrogens is 268 g/mol. The van der Waals surface area contributed by atoms with Gasteiger partial charge in [-0.2, -0.15) is 0 Å². The maximum absolute atomic E-state index is 3.75. The number of benzene rings is 2. The average Bonchev–Trinajstić information content (AvgIpc) is 2.83. The van der Waals surface area contributed by atoms with Gasteiger partial charge >= 0.3 is 0 Å². The molecule has 2 N–H and O–H groups in total. The monoisotopic (exact) mass is 291 g/mol. The largest absolute Gasteiger partial charge is 0.353 e. The summed E-state index contributed by atoms with van der Waals surface area (Å²) in [4.78, 5) is 5.41. The lowest BCUT2D eigenvalue weighted by molar-refractivity contribution is -0.923. The van der Waals surface area contributed by atoms with Crippen LogP contribution in [0.2, 0.25) is 0 Å². The van der Waals surface area contributed by atoms with Crippen LogP contribution in [0.3, 0.4) is 0 Å². The molecule has 1 aliphatic heterocycles. The lowest BCUT2D eigenvalue weighted by Gasteiger charge is -2.26. The zero-order valence-electron chi connectivity index (χ0n) is 13.1. The Kier molecular flexibility index (Phi) is 3.47.